The Morgan fingerprint density at radius 3 is 2.67 bits per heavy atom. The number of aryl methyl sites for hydroxylation is 1. The summed E-state index contributed by atoms with van der Waals surface area (Å²) in [4.78, 5) is 27.4. The van der Waals surface area contributed by atoms with Gasteiger partial charge in [-0.3, -0.25) is 9.59 Å². The highest BCUT2D eigenvalue weighted by atomic mass is 16.5. The molecule has 1 fully saturated rings. The molecule has 1 atom stereocenters. The molecule has 1 unspecified atom stereocenters. The summed E-state index contributed by atoms with van der Waals surface area (Å²) in [5, 5.41) is 2.86. The number of carbonyl (C=O) groups excluding carboxylic acids is 2. The number of ether oxygens (including phenoxy) is 1. The minimum Gasteiger partial charge on any atom is -0.495 e. The van der Waals surface area contributed by atoms with Crippen molar-refractivity contribution >= 4 is 17.5 Å². The number of rotatable bonds is 4. The van der Waals surface area contributed by atoms with Crippen molar-refractivity contribution in [3.05, 3.63) is 23.8 Å². The van der Waals surface area contributed by atoms with Gasteiger partial charge in [0.2, 0.25) is 11.8 Å². The first kappa shape index (κ1) is 18.3. The molecule has 24 heavy (non-hydrogen) atoms. The second-order valence-corrected chi connectivity index (χ2v) is 7.28. The number of likely N-dealkylation sites (tertiary alicyclic amines) is 1. The Morgan fingerprint density at radius 1 is 1.33 bits per heavy atom. The topological polar surface area (TPSA) is 58.6 Å². The quantitative estimate of drug-likeness (QED) is 0.861. The smallest absolute Gasteiger partial charge is 0.239 e. The zero-order chi connectivity index (χ0) is 17.9. The summed E-state index contributed by atoms with van der Waals surface area (Å²) in [6, 6.07) is 5.58. The van der Waals surface area contributed by atoms with E-state index in [1.807, 2.05) is 30.0 Å². The predicted octanol–water partition coefficient (Wildman–Crippen LogP) is 3.23. The van der Waals surface area contributed by atoms with Crippen LogP contribution in [0.2, 0.25) is 0 Å². The van der Waals surface area contributed by atoms with Gasteiger partial charge in [0.25, 0.3) is 0 Å². The van der Waals surface area contributed by atoms with Gasteiger partial charge in [-0.2, -0.15) is 0 Å². The number of benzene rings is 1. The van der Waals surface area contributed by atoms with E-state index in [1.54, 1.807) is 21.0 Å². The summed E-state index contributed by atoms with van der Waals surface area (Å²) in [5.41, 5.74) is 0.488. The molecule has 132 valence electrons. The SMILES string of the molecule is COc1ccc(C)cc1NC(=O)C(C)(C)C(=O)N1CCCC(C)C1. The van der Waals surface area contributed by atoms with E-state index < -0.39 is 5.41 Å². The summed E-state index contributed by atoms with van der Waals surface area (Å²) >= 11 is 0. The average Bonchev–Trinajstić information content (AvgIpc) is 2.54. The highest BCUT2D eigenvalue weighted by Crippen LogP contribution is 2.29. The van der Waals surface area contributed by atoms with E-state index in [9.17, 15) is 9.59 Å². The molecular weight excluding hydrogens is 304 g/mol. The van der Waals surface area contributed by atoms with Gasteiger partial charge < -0.3 is 15.0 Å². The van der Waals surface area contributed by atoms with Crippen LogP contribution in [0.3, 0.4) is 0 Å². The van der Waals surface area contributed by atoms with Crippen molar-refractivity contribution in [3.63, 3.8) is 0 Å². The van der Waals surface area contributed by atoms with Crippen LogP contribution in [0.25, 0.3) is 0 Å². The van der Waals surface area contributed by atoms with Gasteiger partial charge in [-0.1, -0.05) is 13.0 Å². The van der Waals surface area contributed by atoms with Gasteiger partial charge in [-0.15, -0.1) is 0 Å². The number of piperidine rings is 1. The van der Waals surface area contributed by atoms with E-state index in [4.69, 9.17) is 4.74 Å². The molecule has 0 spiro atoms. The summed E-state index contributed by atoms with van der Waals surface area (Å²) in [5.74, 6) is 0.648. The molecule has 0 aliphatic carbocycles. The minimum atomic E-state index is -1.12. The maximum absolute atomic E-state index is 12.9. The van der Waals surface area contributed by atoms with E-state index in [2.05, 4.69) is 12.2 Å². The molecule has 5 heteroatoms. The van der Waals surface area contributed by atoms with Crippen molar-refractivity contribution in [3.8, 4) is 5.75 Å². The Hall–Kier alpha value is -2.04. The van der Waals surface area contributed by atoms with Crippen LogP contribution in [0.15, 0.2) is 18.2 Å². The normalized spacial score (nSPS) is 18.2. The van der Waals surface area contributed by atoms with Crippen molar-refractivity contribution in [1.29, 1.82) is 0 Å². The van der Waals surface area contributed by atoms with Crippen molar-refractivity contribution in [2.24, 2.45) is 11.3 Å². The lowest BCUT2D eigenvalue weighted by molar-refractivity contribution is -0.147. The molecule has 0 saturated carbocycles. The molecule has 1 aromatic rings. The highest BCUT2D eigenvalue weighted by Gasteiger charge is 2.40. The summed E-state index contributed by atoms with van der Waals surface area (Å²) < 4.78 is 5.29. The van der Waals surface area contributed by atoms with Crippen LogP contribution in [0, 0.1) is 18.3 Å². The van der Waals surface area contributed by atoms with Gasteiger partial charge in [0, 0.05) is 13.1 Å². The van der Waals surface area contributed by atoms with Gasteiger partial charge in [0.05, 0.1) is 12.8 Å². The maximum Gasteiger partial charge on any atom is 0.239 e. The Morgan fingerprint density at radius 2 is 2.04 bits per heavy atom. The molecular formula is C19H28N2O3. The van der Waals surface area contributed by atoms with Crippen LogP contribution < -0.4 is 10.1 Å². The Kier molecular flexibility index (Phi) is 5.52. The Balaban J connectivity index is 2.15. The first-order valence-corrected chi connectivity index (χ1v) is 8.51. The second kappa shape index (κ2) is 7.24. The third-order valence-electron chi connectivity index (χ3n) is 4.65. The molecule has 0 bridgehead atoms. The Bertz CT molecular complexity index is 625. The number of nitrogens with one attached hydrogen (secondary N) is 1. The van der Waals surface area contributed by atoms with Crippen molar-refractivity contribution in [1.82, 2.24) is 4.90 Å². The fourth-order valence-corrected chi connectivity index (χ4v) is 3.06. The van der Waals surface area contributed by atoms with Gasteiger partial charge >= 0.3 is 0 Å². The number of amides is 2. The third kappa shape index (κ3) is 3.89. The third-order valence-corrected chi connectivity index (χ3v) is 4.65. The van der Waals surface area contributed by atoms with Crippen molar-refractivity contribution in [2.75, 3.05) is 25.5 Å². The lowest BCUT2D eigenvalue weighted by atomic mass is 9.88. The van der Waals surface area contributed by atoms with Crippen molar-refractivity contribution in [2.45, 2.75) is 40.5 Å². The van der Waals surface area contributed by atoms with Crippen LogP contribution in [0.1, 0.15) is 39.2 Å². The molecule has 5 nitrogen and oxygen atoms in total. The molecule has 2 amide bonds. The fraction of sp³-hybridized carbons (Fsp3) is 0.579. The molecule has 1 aliphatic heterocycles. The van der Waals surface area contributed by atoms with Crippen LogP contribution in [-0.2, 0) is 9.59 Å². The van der Waals surface area contributed by atoms with Crippen LogP contribution >= 0.6 is 0 Å². The van der Waals surface area contributed by atoms with E-state index >= 15 is 0 Å². The largest absolute Gasteiger partial charge is 0.495 e. The fourth-order valence-electron chi connectivity index (χ4n) is 3.06. The van der Waals surface area contributed by atoms with Gasteiger partial charge in [0.15, 0.2) is 0 Å². The molecule has 1 aliphatic rings. The van der Waals surface area contributed by atoms with Crippen LogP contribution in [0.5, 0.6) is 5.75 Å². The maximum atomic E-state index is 12.9. The Labute approximate surface area is 144 Å². The first-order valence-electron chi connectivity index (χ1n) is 8.51. The number of nitrogens with zero attached hydrogens (tertiary/aromatic N) is 1. The molecule has 1 aromatic carbocycles. The van der Waals surface area contributed by atoms with Gasteiger partial charge in [-0.05, 0) is 57.2 Å². The lowest BCUT2D eigenvalue weighted by Crippen LogP contribution is -2.50. The standard InChI is InChI=1S/C19H28N2O3/c1-13-8-9-16(24-5)15(11-13)20-17(22)19(3,4)18(23)21-10-6-7-14(2)12-21/h8-9,11,14H,6-7,10,12H2,1-5H3,(H,20,22). The molecule has 1 heterocycles. The predicted molar refractivity (Wildman–Crippen MR) is 95.1 cm³/mol. The van der Waals surface area contributed by atoms with Gasteiger partial charge in [-0.25, -0.2) is 0 Å². The second-order valence-electron chi connectivity index (χ2n) is 7.28. The number of hydrogen-bond acceptors (Lipinski definition) is 3. The van der Waals surface area contributed by atoms with Gasteiger partial charge in [0.1, 0.15) is 11.2 Å². The molecule has 0 radical (unpaired) electrons. The number of hydrogen-bond donors (Lipinski definition) is 1. The van der Waals surface area contributed by atoms with Crippen LogP contribution in [-0.4, -0.2) is 36.9 Å². The zero-order valence-corrected chi connectivity index (χ0v) is 15.3. The first-order chi connectivity index (χ1) is 11.3. The van der Waals surface area contributed by atoms with E-state index in [0.717, 1.165) is 31.5 Å². The molecule has 0 aromatic heterocycles. The van der Waals surface area contributed by atoms with Crippen LogP contribution in [0.4, 0.5) is 5.69 Å². The minimum absolute atomic E-state index is 0.113. The molecule has 2 rings (SSSR count). The zero-order valence-electron chi connectivity index (χ0n) is 15.3. The lowest BCUT2D eigenvalue weighted by Gasteiger charge is -2.36. The molecule has 1 saturated heterocycles. The summed E-state index contributed by atoms with van der Waals surface area (Å²) in [7, 11) is 1.56. The molecule has 1 N–H and O–H groups in total. The van der Waals surface area contributed by atoms with Crippen molar-refractivity contribution < 1.29 is 14.3 Å². The monoisotopic (exact) mass is 332 g/mol. The van der Waals surface area contributed by atoms with E-state index in [0.29, 0.717) is 17.4 Å². The number of methoxy groups -OCH3 is 1. The number of anilines is 1. The highest BCUT2D eigenvalue weighted by molar-refractivity contribution is 6.10. The summed E-state index contributed by atoms with van der Waals surface area (Å²) in [6.45, 7) is 8.92. The summed E-state index contributed by atoms with van der Waals surface area (Å²) in [6.07, 6.45) is 2.13. The van der Waals surface area contributed by atoms with E-state index in [-0.39, 0.29) is 11.8 Å². The van der Waals surface area contributed by atoms with E-state index in [1.165, 1.54) is 0 Å². The average molecular weight is 332 g/mol. The number of carbonyl (C=O) groups is 2.